The number of aliphatic hydroxyl groups excluding tert-OH is 1. The van der Waals surface area contributed by atoms with Gasteiger partial charge in [-0.05, 0) is 19.1 Å². The van der Waals surface area contributed by atoms with Gasteiger partial charge in [-0.1, -0.05) is 0 Å². The molecule has 0 aliphatic carbocycles. The summed E-state index contributed by atoms with van der Waals surface area (Å²) < 4.78 is 31.3. The Hall–Kier alpha value is -2.11. The fourth-order valence-electron chi connectivity index (χ4n) is 1.71. The molecule has 1 heterocycles. The van der Waals surface area contributed by atoms with Gasteiger partial charge in [0.25, 0.3) is 5.78 Å². The summed E-state index contributed by atoms with van der Waals surface area (Å²) in [5, 5.41) is 9.29. The van der Waals surface area contributed by atoms with Crippen LogP contribution >= 0.6 is 0 Å². The van der Waals surface area contributed by atoms with Crippen molar-refractivity contribution >= 4 is 5.78 Å². The average Bonchev–Trinajstić information content (AvgIpc) is 2.43. The first-order valence-electron chi connectivity index (χ1n) is 4.74. The second-order valence-corrected chi connectivity index (χ2v) is 3.80. The highest BCUT2D eigenvalue weighted by molar-refractivity contribution is 6.02. The van der Waals surface area contributed by atoms with E-state index < -0.39 is 34.7 Å². The summed E-state index contributed by atoms with van der Waals surface area (Å²) in [5.41, 5.74) is 3.31. The highest BCUT2D eigenvalue weighted by Crippen LogP contribution is 2.37. The summed E-state index contributed by atoms with van der Waals surface area (Å²) in [7, 11) is 0. The Labute approximate surface area is 95.3 Å². The first kappa shape index (κ1) is 11.4. The third kappa shape index (κ3) is 1.52. The van der Waals surface area contributed by atoms with E-state index in [1.165, 1.54) is 6.92 Å². The third-order valence-corrected chi connectivity index (χ3v) is 2.64. The van der Waals surface area contributed by atoms with Crippen LogP contribution < -0.4 is 5.73 Å². The van der Waals surface area contributed by atoms with Crippen LogP contribution in [0.2, 0.25) is 0 Å². The van der Waals surface area contributed by atoms with E-state index in [4.69, 9.17) is 10.5 Å². The van der Waals surface area contributed by atoms with E-state index in [0.29, 0.717) is 6.07 Å². The van der Waals surface area contributed by atoms with Gasteiger partial charge in [-0.3, -0.25) is 4.79 Å². The number of hydrogen-bond donors (Lipinski definition) is 2. The summed E-state index contributed by atoms with van der Waals surface area (Å²) in [6, 6.07) is 2.70. The number of carbonyl (C=O) groups is 1. The van der Waals surface area contributed by atoms with E-state index in [9.17, 15) is 18.7 Å². The lowest BCUT2D eigenvalue weighted by molar-refractivity contribution is -0.131. The molecule has 0 aromatic heterocycles. The lowest BCUT2D eigenvalue weighted by atomic mass is 9.91. The van der Waals surface area contributed by atoms with Crippen molar-refractivity contribution in [2.45, 2.75) is 12.5 Å². The molecule has 0 saturated heterocycles. The van der Waals surface area contributed by atoms with Gasteiger partial charge in [0.2, 0.25) is 17.2 Å². The number of nitrogens with two attached hydrogens (primary N) is 1. The number of halogens is 2. The first-order valence-corrected chi connectivity index (χ1v) is 4.74. The Balaban J connectivity index is 2.52. The first-order chi connectivity index (χ1) is 7.86. The number of benzene rings is 1. The van der Waals surface area contributed by atoms with Crippen LogP contribution in [-0.4, -0.2) is 10.9 Å². The number of aliphatic hydroxyl groups is 1. The van der Waals surface area contributed by atoms with Gasteiger partial charge in [0.15, 0.2) is 0 Å². The van der Waals surface area contributed by atoms with Crippen LogP contribution in [0, 0.1) is 11.6 Å². The fraction of sp³-hybridized carbons (Fsp3) is 0.182. The molecular formula is C11H9F2NO3. The van der Waals surface area contributed by atoms with Crippen molar-refractivity contribution in [3.8, 4) is 0 Å². The Kier molecular flexibility index (Phi) is 2.30. The number of Topliss-reactive ketones (excluding diaryl/α,β-unsaturated/α-hetero) is 1. The topological polar surface area (TPSA) is 72.6 Å². The van der Waals surface area contributed by atoms with Crippen molar-refractivity contribution in [1.82, 2.24) is 0 Å². The van der Waals surface area contributed by atoms with Gasteiger partial charge < -0.3 is 15.6 Å². The number of ether oxygens (including phenoxy) is 1. The highest BCUT2D eigenvalue weighted by Gasteiger charge is 2.48. The smallest absolute Gasteiger partial charge is 0.250 e. The molecule has 17 heavy (non-hydrogen) atoms. The molecule has 0 fully saturated rings. The van der Waals surface area contributed by atoms with Gasteiger partial charge in [0.05, 0.1) is 0 Å². The minimum atomic E-state index is -1.76. The number of hydrogen-bond acceptors (Lipinski definition) is 4. The predicted molar refractivity (Wildman–Crippen MR) is 53.6 cm³/mol. The normalized spacial score (nSPS) is 24.1. The predicted octanol–water partition coefficient (Wildman–Crippen LogP) is 1.47. The molecule has 3 N–H and O–H groups in total. The Morgan fingerprint density at radius 3 is 2.53 bits per heavy atom. The largest absolute Gasteiger partial charge is 0.501 e. The Morgan fingerprint density at radius 2 is 2.06 bits per heavy atom. The van der Waals surface area contributed by atoms with Crippen molar-refractivity contribution in [2.24, 2.45) is 5.73 Å². The summed E-state index contributed by atoms with van der Waals surface area (Å²) in [5.74, 6) is -3.80. The zero-order chi connectivity index (χ0) is 12.8. The maximum absolute atomic E-state index is 13.6. The van der Waals surface area contributed by atoms with Crippen LogP contribution in [0.4, 0.5) is 8.78 Å². The standard InChI is InChI=1S/C11H9F2NO3/c1-11(9(16)8(15)10(14)17-11)6-3-2-5(12)4-7(6)13/h2-4,15H,14H2,1H3. The van der Waals surface area contributed by atoms with E-state index in [0.717, 1.165) is 12.1 Å². The Bertz CT molecular complexity index is 542. The lowest BCUT2D eigenvalue weighted by Gasteiger charge is -2.23. The van der Waals surface area contributed by atoms with Crippen LogP contribution in [0.25, 0.3) is 0 Å². The van der Waals surface area contributed by atoms with Crippen molar-refractivity contribution < 1.29 is 23.4 Å². The Morgan fingerprint density at radius 1 is 1.41 bits per heavy atom. The van der Waals surface area contributed by atoms with E-state index in [-0.39, 0.29) is 5.56 Å². The quantitative estimate of drug-likeness (QED) is 0.780. The summed E-state index contributed by atoms with van der Waals surface area (Å²) in [6.45, 7) is 1.25. The zero-order valence-corrected chi connectivity index (χ0v) is 8.83. The molecule has 2 rings (SSSR count). The van der Waals surface area contributed by atoms with Crippen molar-refractivity contribution in [3.63, 3.8) is 0 Å². The van der Waals surface area contributed by atoms with Crippen LogP contribution in [0.3, 0.4) is 0 Å². The number of carbonyl (C=O) groups excluding carboxylic acids is 1. The molecule has 0 radical (unpaired) electrons. The average molecular weight is 241 g/mol. The monoisotopic (exact) mass is 241 g/mol. The van der Waals surface area contributed by atoms with Gasteiger partial charge in [-0.25, -0.2) is 8.78 Å². The number of rotatable bonds is 1. The molecule has 0 amide bonds. The van der Waals surface area contributed by atoms with Gasteiger partial charge in [0, 0.05) is 11.6 Å². The second kappa shape index (κ2) is 3.44. The second-order valence-electron chi connectivity index (χ2n) is 3.80. The highest BCUT2D eigenvalue weighted by atomic mass is 19.1. The minimum Gasteiger partial charge on any atom is -0.501 e. The van der Waals surface area contributed by atoms with Crippen molar-refractivity contribution in [1.29, 1.82) is 0 Å². The molecular weight excluding hydrogens is 232 g/mol. The van der Waals surface area contributed by atoms with E-state index in [2.05, 4.69) is 0 Å². The molecule has 1 aromatic rings. The van der Waals surface area contributed by atoms with Crippen molar-refractivity contribution in [3.05, 3.63) is 47.0 Å². The third-order valence-electron chi connectivity index (χ3n) is 2.64. The van der Waals surface area contributed by atoms with Gasteiger partial charge in [-0.15, -0.1) is 0 Å². The summed E-state index contributed by atoms with van der Waals surface area (Å²) in [4.78, 5) is 11.7. The lowest BCUT2D eigenvalue weighted by Crippen LogP contribution is -2.32. The fourth-order valence-corrected chi connectivity index (χ4v) is 1.71. The van der Waals surface area contributed by atoms with Crippen LogP contribution in [0.1, 0.15) is 12.5 Å². The number of ketones is 1. The molecule has 1 atom stereocenters. The molecule has 1 aliphatic rings. The molecule has 4 nitrogen and oxygen atoms in total. The van der Waals surface area contributed by atoms with Crippen LogP contribution in [-0.2, 0) is 15.1 Å². The molecule has 90 valence electrons. The van der Waals surface area contributed by atoms with E-state index in [1.807, 2.05) is 0 Å². The maximum atomic E-state index is 13.6. The van der Waals surface area contributed by atoms with E-state index >= 15 is 0 Å². The molecule has 0 saturated carbocycles. The SMILES string of the molecule is CC1(c2ccc(F)cc2F)OC(N)=C(O)C1=O. The van der Waals surface area contributed by atoms with E-state index in [1.54, 1.807) is 0 Å². The maximum Gasteiger partial charge on any atom is 0.250 e. The van der Waals surface area contributed by atoms with Gasteiger partial charge in [0.1, 0.15) is 11.6 Å². The molecule has 0 spiro atoms. The van der Waals surface area contributed by atoms with Gasteiger partial charge >= 0.3 is 0 Å². The molecule has 1 unspecified atom stereocenters. The zero-order valence-electron chi connectivity index (χ0n) is 8.83. The van der Waals surface area contributed by atoms with Gasteiger partial charge in [-0.2, -0.15) is 0 Å². The molecule has 1 aliphatic heterocycles. The van der Waals surface area contributed by atoms with Crippen LogP contribution in [0.15, 0.2) is 29.8 Å². The minimum absolute atomic E-state index is 0.184. The molecule has 1 aromatic carbocycles. The summed E-state index contributed by atoms with van der Waals surface area (Å²) in [6.07, 6.45) is 0. The molecule has 0 bridgehead atoms. The summed E-state index contributed by atoms with van der Waals surface area (Å²) >= 11 is 0. The molecule has 6 heteroatoms. The van der Waals surface area contributed by atoms with Crippen molar-refractivity contribution in [2.75, 3.05) is 0 Å². The van der Waals surface area contributed by atoms with Crippen LogP contribution in [0.5, 0.6) is 0 Å².